The van der Waals surface area contributed by atoms with Crippen LogP contribution in [-0.2, 0) is 0 Å². The summed E-state index contributed by atoms with van der Waals surface area (Å²) in [5.74, 6) is 0.719. The van der Waals surface area contributed by atoms with Crippen LogP contribution in [0.1, 0.15) is 24.2 Å². The van der Waals surface area contributed by atoms with E-state index in [0.29, 0.717) is 18.7 Å². The zero-order chi connectivity index (χ0) is 14.2. The Morgan fingerprint density at radius 1 is 1.30 bits per heavy atom. The van der Waals surface area contributed by atoms with Crippen LogP contribution in [0.25, 0.3) is 0 Å². The lowest BCUT2D eigenvalue weighted by molar-refractivity contribution is 0.307. The number of ether oxygens (including phenoxy) is 1. The highest BCUT2D eigenvalue weighted by Crippen LogP contribution is 2.12. The Labute approximate surface area is 119 Å². The fourth-order valence-electron chi connectivity index (χ4n) is 1.84. The summed E-state index contributed by atoms with van der Waals surface area (Å²) in [6.07, 6.45) is 1.79. The van der Waals surface area contributed by atoms with Gasteiger partial charge < -0.3 is 10.1 Å². The van der Waals surface area contributed by atoms with E-state index in [0.717, 1.165) is 11.4 Å². The van der Waals surface area contributed by atoms with Gasteiger partial charge in [0.15, 0.2) is 0 Å². The van der Waals surface area contributed by atoms with Crippen molar-refractivity contribution >= 4 is 0 Å². The minimum atomic E-state index is 0.185. The van der Waals surface area contributed by atoms with Crippen LogP contribution in [0.4, 0.5) is 0 Å². The molecule has 0 radical (unpaired) electrons. The van der Waals surface area contributed by atoms with Gasteiger partial charge in [-0.15, -0.1) is 0 Å². The molecule has 0 saturated carbocycles. The number of pyridine rings is 1. The molecule has 0 aliphatic carbocycles. The zero-order valence-electron chi connectivity index (χ0n) is 11.4. The zero-order valence-corrected chi connectivity index (χ0v) is 11.4. The van der Waals surface area contributed by atoms with Crippen molar-refractivity contribution in [2.45, 2.75) is 13.0 Å². The molecule has 1 atom stereocenters. The molecule has 2 rings (SSSR count). The van der Waals surface area contributed by atoms with E-state index in [1.54, 1.807) is 18.3 Å². The van der Waals surface area contributed by atoms with Crippen molar-refractivity contribution in [1.29, 1.82) is 5.26 Å². The lowest BCUT2D eigenvalue weighted by Crippen LogP contribution is -2.24. The van der Waals surface area contributed by atoms with Crippen LogP contribution < -0.4 is 10.1 Å². The Bertz CT molecular complexity index is 578. The number of rotatable bonds is 6. The van der Waals surface area contributed by atoms with Gasteiger partial charge >= 0.3 is 0 Å². The Kier molecular flexibility index (Phi) is 5.10. The Morgan fingerprint density at radius 3 is 2.95 bits per heavy atom. The fraction of sp³-hybridized carbons (Fsp3) is 0.250. The number of hydrogen-bond donors (Lipinski definition) is 1. The maximum absolute atomic E-state index is 8.81. The summed E-state index contributed by atoms with van der Waals surface area (Å²) in [5, 5.41) is 12.2. The van der Waals surface area contributed by atoms with Crippen LogP contribution in [0.2, 0.25) is 0 Å². The first-order chi connectivity index (χ1) is 9.79. The summed E-state index contributed by atoms with van der Waals surface area (Å²) >= 11 is 0. The van der Waals surface area contributed by atoms with Crippen molar-refractivity contribution in [3.8, 4) is 11.8 Å². The number of benzene rings is 1. The van der Waals surface area contributed by atoms with E-state index in [1.165, 1.54) is 0 Å². The highest BCUT2D eigenvalue weighted by Gasteiger charge is 2.04. The summed E-state index contributed by atoms with van der Waals surface area (Å²) in [5.41, 5.74) is 1.62. The van der Waals surface area contributed by atoms with Crippen molar-refractivity contribution in [1.82, 2.24) is 10.3 Å². The molecule has 1 unspecified atom stereocenters. The molecule has 0 aliphatic heterocycles. The first kappa shape index (κ1) is 14.0. The normalized spacial score (nSPS) is 11.6. The van der Waals surface area contributed by atoms with Crippen molar-refractivity contribution in [3.63, 3.8) is 0 Å². The average molecular weight is 267 g/mol. The second kappa shape index (κ2) is 7.27. The molecule has 0 bridgehead atoms. The highest BCUT2D eigenvalue weighted by molar-refractivity contribution is 5.36. The van der Waals surface area contributed by atoms with E-state index in [-0.39, 0.29) is 6.04 Å². The second-order valence-corrected chi connectivity index (χ2v) is 4.42. The molecule has 4 nitrogen and oxygen atoms in total. The lowest BCUT2D eigenvalue weighted by Gasteiger charge is -2.13. The Balaban J connectivity index is 1.75. The average Bonchev–Trinajstić information content (AvgIpc) is 2.52. The number of nitrogens with zero attached hydrogens (tertiary/aromatic N) is 2. The summed E-state index contributed by atoms with van der Waals surface area (Å²) < 4.78 is 5.60. The standard InChI is InChI=1S/C16H17N3O/c1-13(16-7-2-3-8-19-16)18-9-10-20-15-6-4-5-14(11-15)12-17/h2-8,11,13,18H,9-10H2,1H3. The van der Waals surface area contributed by atoms with E-state index >= 15 is 0 Å². The Morgan fingerprint density at radius 2 is 2.20 bits per heavy atom. The first-order valence-electron chi connectivity index (χ1n) is 6.57. The fourth-order valence-corrected chi connectivity index (χ4v) is 1.84. The molecule has 2 aromatic rings. The van der Waals surface area contributed by atoms with Gasteiger partial charge in [0.25, 0.3) is 0 Å². The largest absolute Gasteiger partial charge is 0.492 e. The predicted octanol–water partition coefficient (Wildman–Crippen LogP) is 2.68. The van der Waals surface area contributed by atoms with Crippen LogP contribution in [0.15, 0.2) is 48.7 Å². The van der Waals surface area contributed by atoms with Crippen LogP contribution in [0.5, 0.6) is 5.75 Å². The van der Waals surface area contributed by atoms with E-state index in [2.05, 4.69) is 23.3 Å². The number of nitriles is 1. The predicted molar refractivity (Wildman–Crippen MR) is 77.3 cm³/mol. The van der Waals surface area contributed by atoms with Gasteiger partial charge in [0.05, 0.1) is 17.3 Å². The summed E-state index contributed by atoms with van der Waals surface area (Å²) in [7, 11) is 0. The molecule has 0 amide bonds. The molecule has 1 aromatic carbocycles. The van der Waals surface area contributed by atoms with Gasteiger partial charge in [-0.25, -0.2) is 0 Å². The van der Waals surface area contributed by atoms with Gasteiger partial charge in [-0.3, -0.25) is 4.98 Å². The summed E-state index contributed by atoms with van der Waals surface area (Å²) in [4.78, 5) is 4.30. The Hall–Kier alpha value is -2.38. The molecule has 20 heavy (non-hydrogen) atoms. The number of nitrogens with one attached hydrogen (secondary N) is 1. The molecule has 1 heterocycles. The smallest absolute Gasteiger partial charge is 0.120 e. The van der Waals surface area contributed by atoms with Crippen molar-refractivity contribution in [2.75, 3.05) is 13.2 Å². The van der Waals surface area contributed by atoms with Gasteiger partial charge in [0, 0.05) is 18.8 Å². The summed E-state index contributed by atoms with van der Waals surface area (Å²) in [6.45, 7) is 3.33. The van der Waals surface area contributed by atoms with E-state index in [1.807, 2.05) is 30.3 Å². The molecule has 0 aliphatic rings. The van der Waals surface area contributed by atoms with Crippen LogP contribution >= 0.6 is 0 Å². The molecular weight excluding hydrogens is 250 g/mol. The minimum Gasteiger partial charge on any atom is -0.492 e. The monoisotopic (exact) mass is 267 g/mol. The third-order valence-electron chi connectivity index (χ3n) is 2.92. The van der Waals surface area contributed by atoms with Gasteiger partial charge in [-0.05, 0) is 37.3 Å². The van der Waals surface area contributed by atoms with E-state index in [9.17, 15) is 0 Å². The highest BCUT2D eigenvalue weighted by atomic mass is 16.5. The molecule has 1 aromatic heterocycles. The second-order valence-electron chi connectivity index (χ2n) is 4.42. The van der Waals surface area contributed by atoms with Gasteiger partial charge in [-0.2, -0.15) is 5.26 Å². The molecule has 1 N–H and O–H groups in total. The van der Waals surface area contributed by atoms with Crippen molar-refractivity contribution in [2.24, 2.45) is 0 Å². The lowest BCUT2D eigenvalue weighted by atomic mass is 10.2. The number of aromatic nitrogens is 1. The first-order valence-corrected chi connectivity index (χ1v) is 6.57. The molecule has 0 spiro atoms. The molecule has 4 heteroatoms. The quantitative estimate of drug-likeness (QED) is 0.817. The molecule has 0 saturated heterocycles. The third-order valence-corrected chi connectivity index (χ3v) is 2.92. The van der Waals surface area contributed by atoms with Crippen molar-refractivity contribution in [3.05, 3.63) is 59.9 Å². The van der Waals surface area contributed by atoms with Crippen LogP contribution in [0, 0.1) is 11.3 Å². The molecular formula is C16H17N3O. The molecule has 102 valence electrons. The summed E-state index contributed by atoms with van der Waals surface area (Å²) in [6, 6.07) is 15.3. The van der Waals surface area contributed by atoms with E-state index in [4.69, 9.17) is 10.00 Å². The van der Waals surface area contributed by atoms with Crippen molar-refractivity contribution < 1.29 is 4.74 Å². The minimum absolute atomic E-state index is 0.185. The van der Waals surface area contributed by atoms with Gasteiger partial charge in [0.2, 0.25) is 0 Å². The SMILES string of the molecule is CC(NCCOc1cccc(C#N)c1)c1ccccn1. The molecule has 0 fully saturated rings. The number of hydrogen-bond acceptors (Lipinski definition) is 4. The topological polar surface area (TPSA) is 57.9 Å². The van der Waals surface area contributed by atoms with Gasteiger partial charge in [0.1, 0.15) is 12.4 Å². The third kappa shape index (κ3) is 4.08. The van der Waals surface area contributed by atoms with Crippen LogP contribution in [-0.4, -0.2) is 18.1 Å². The van der Waals surface area contributed by atoms with E-state index < -0.39 is 0 Å². The van der Waals surface area contributed by atoms with Gasteiger partial charge in [-0.1, -0.05) is 12.1 Å². The maximum Gasteiger partial charge on any atom is 0.120 e. The van der Waals surface area contributed by atoms with Crippen LogP contribution in [0.3, 0.4) is 0 Å². The maximum atomic E-state index is 8.81.